The van der Waals surface area contributed by atoms with Crippen molar-refractivity contribution in [3.8, 4) is 0 Å². The van der Waals surface area contributed by atoms with Gasteiger partial charge in [-0.3, -0.25) is 4.79 Å². The lowest BCUT2D eigenvalue weighted by Gasteiger charge is -2.14. The monoisotopic (exact) mass is 288 g/mol. The van der Waals surface area contributed by atoms with Crippen LogP contribution in [0.2, 0.25) is 0 Å². The molecule has 0 saturated carbocycles. The first-order valence-electron chi connectivity index (χ1n) is 4.43. The van der Waals surface area contributed by atoms with Crippen molar-refractivity contribution < 1.29 is 26.7 Å². The molecule has 0 atom stereocenters. The van der Waals surface area contributed by atoms with E-state index < -0.39 is 46.9 Å². The summed E-state index contributed by atoms with van der Waals surface area (Å²) in [6.07, 6.45) is -8.19. The molecule has 0 aromatic carbocycles. The van der Waals surface area contributed by atoms with Crippen LogP contribution in [0.3, 0.4) is 0 Å². The summed E-state index contributed by atoms with van der Waals surface area (Å²) in [4.78, 5) is 14.0. The topological polar surface area (TPSA) is 56.0 Å². The zero-order valence-electron chi connectivity index (χ0n) is 8.56. The number of alkyl halides is 6. The molecule has 0 aliphatic carbocycles. The number of primary amides is 1. The Kier molecular flexibility index (Phi) is 4.10. The molecule has 3 nitrogen and oxygen atoms in total. The van der Waals surface area contributed by atoms with E-state index in [0.29, 0.717) is 0 Å². The minimum Gasteiger partial charge on any atom is -0.364 e. The quantitative estimate of drug-likeness (QED) is 0.687. The highest BCUT2D eigenvalue weighted by molar-refractivity contribution is 6.17. The predicted octanol–water partition coefficient (Wildman–Crippen LogP) is 2.88. The van der Waals surface area contributed by atoms with E-state index in [1.807, 2.05) is 0 Å². The highest BCUT2D eigenvalue weighted by atomic mass is 35.5. The normalized spacial score (nSPS) is 11.9. The first-order valence-corrected chi connectivity index (χ1v) is 4.96. The van der Waals surface area contributed by atoms with Crippen LogP contribution in [0, 0.1) is 0 Å². The lowest BCUT2D eigenvalue weighted by Crippen LogP contribution is -2.22. The third-order valence-electron chi connectivity index (χ3n) is 2.04. The second-order valence-corrected chi connectivity index (χ2v) is 3.48. The highest BCUT2D eigenvalue weighted by Gasteiger charge is 2.37. The second kappa shape index (κ2) is 5.05. The van der Waals surface area contributed by atoms with Crippen molar-refractivity contribution in [1.29, 1.82) is 0 Å². The SMILES string of the molecule is NC(=O)c1nc(CCl)c(C(F)F)cc1C(F)(F)F. The van der Waals surface area contributed by atoms with Crippen molar-refractivity contribution >= 4 is 17.5 Å². The summed E-state index contributed by atoms with van der Waals surface area (Å²) in [6.45, 7) is 0. The average molecular weight is 289 g/mol. The Morgan fingerprint density at radius 2 is 2.00 bits per heavy atom. The van der Waals surface area contributed by atoms with Gasteiger partial charge in [-0.15, -0.1) is 11.6 Å². The van der Waals surface area contributed by atoms with Gasteiger partial charge in [-0.2, -0.15) is 13.2 Å². The van der Waals surface area contributed by atoms with Crippen molar-refractivity contribution in [2.45, 2.75) is 18.5 Å². The maximum Gasteiger partial charge on any atom is 0.418 e. The Labute approximate surface area is 103 Å². The summed E-state index contributed by atoms with van der Waals surface area (Å²) < 4.78 is 62.8. The molecule has 0 unspecified atom stereocenters. The lowest BCUT2D eigenvalue weighted by atomic mass is 10.1. The molecule has 0 saturated heterocycles. The average Bonchev–Trinajstić information content (AvgIpc) is 2.25. The van der Waals surface area contributed by atoms with Crippen LogP contribution in [0.15, 0.2) is 6.07 Å². The maximum absolute atomic E-state index is 12.6. The van der Waals surface area contributed by atoms with Crippen LogP contribution in [0.25, 0.3) is 0 Å². The van der Waals surface area contributed by atoms with Gasteiger partial charge in [-0.05, 0) is 6.07 Å². The molecular weight excluding hydrogens is 283 g/mol. The van der Waals surface area contributed by atoms with Crippen LogP contribution in [0.4, 0.5) is 22.0 Å². The molecular formula is C9H6ClF5N2O. The van der Waals surface area contributed by atoms with Crippen molar-refractivity contribution in [3.63, 3.8) is 0 Å². The Bertz CT molecular complexity index is 475. The van der Waals surface area contributed by atoms with Gasteiger partial charge in [0.1, 0.15) is 5.69 Å². The highest BCUT2D eigenvalue weighted by Crippen LogP contribution is 2.35. The number of nitrogens with two attached hydrogens (primary N) is 1. The smallest absolute Gasteiger partial charge is 0.364 e. The number of pyridine rings is 1. The Morgan fingerprint density at radius 1 is 1.44 bits per heavy atom. The Hall–Kier alpha value is -1.44. The van der Waals surface area contributed by atoms with Crippen LogP contribution in [-0.4, -0.2) is 10.9 Å². The number of carbonyl (C=O) groups is 1. The van der Waals surface area contributed by atoms with Gasteiger partial charge in [0.05, 0.1) is 17.1 Å². The van der Waals surface area contributed by atoms with Crippen LogP contribution in [0.5, 0.6) is 0 Å². The molecule has 2 N–H and O–H groups in total. The van der Waals surface area contributed by atoms with E-state index in [0.717, 1.165) is 0 Å². The number of hydrogen-bond acceptors (Lipinski definition) is 2. The summed E-state index contributed by atoms with van der Waals surface area (Å²) >= 11 is 5.29. The molecule has 100 valence electrons. The summed E-state index contributed by atoms with van der Waals surface area (Å²) in [5.41, 5.74) is 0.532. The molecule has 1 heterocycles. The van der Waals surface area contributed by atoms with Gasteiger partial charge in [-0.1, -0.05) is 0 Å². The maximum atomic E-state index is 12.6. The van der Waals surface area contributed by atoms with Crippen molar-refractivity contribution in [2.24, 2.45) is 5.73 Å². The van der Waals surface area contributed by atoms with E-state index in [9.17, 15) is 26.7 Å². The van der Waals surface area contributed by atoms with Gasteiger partial charge < -0.3 is 5.73 Å². The molecule has 0 fully saturated rings. The van der Waals surface area contributed by atoms with Gasteiger partial charge >= 0.3 is 6.18 Å². The Morgan fingerprint density at radius 3 is 2.33 bits per heavy atom. The third-order valence-corrected chi connectivity index (χ3v) is 2.29. The number of rotatable bonds is 3. The van der Waals surface area contributed by atoms with Gasteiger partial charge in [0.25, 0.3) is 12.3 Å². The molecule has 0 radical (unpaired) electrons. The summed E-state index contributed by atoms with van der Waals surface area (Å²) in [5, 5.41) is 0. The minimum absolute atomic E-state index is 0.148. The van der Waals surface area contributed by atoms with E-state index in [4.69, 9.17) is 17.3 Å². The number of nitrogens with zero attached hydrogens (tertiary/aromatic N) is 1. The van der Waals surface area contributed by atoms with E-state index >= 15 is 0 Å². The predicted molar refractivity (Wildman–Crippen MR) is 52.3 cm³/mol. The fraction of sp³-hybridized carbons (Fsp3) is 0.333. The molecule has 1 aromatic rings. The van der Waals surface area contributed by atoms with Crippen LogP contribution >= 0.6 is 11.6 Å². The molecule has 0 spiro atoms. The van der Waals surface area contributed by atoms with Gasteiger partial charge in [0, 0.05) is 5.56 Å². The third kappa shape index (κ3) is 2.87. The zero-order valence-corrected chi connectivity index (χ0v) is 9.32. The van der Waals surface area contributed by atoms with Gasteiger partial charge in [0.15, 0.2) is 0 Å². The Balaban J connectivity index is 3.58. The van der Waals surface area contributed by atoms with Crippen molar-refractivity contribution in [2.75, 3.05) is 0 Å². The van der Waals surface area contributed by atoms with E-state index in [-0.39, 0.29) is 6.07 Å². The first kappa shape index (κ1) is 14.6. The summed E-state index contributed by atoms with van der Waals surface area (Å²) in [6, 6.07) is 0.148. The molecule has 0 aliphatic rings. The number of aromatic nitrogens is 1. The number of hydrogen-bond donors (Lipinski definition) is 1. The molecule has 18 heavy (non-hydrogen) atoms. The molecule has 0 aliphatic heterocycles. The van der Waals surface area contributed by atoms with E-state index in [1.54, 1.807) is 0 Å². The fourth-order valence-electron chi connectivity index (χ4n) is 1.27. The second-order valence-electron chi connectivity index (χ2n) is 3.22. The summed E-state index contributed by atoms with van der Waals surface area (Å²) in [5.74, 6) is -2.02. The standard InChI is InChI=1S/C9H6ClF5N2O/c10-2-5-3(7(11)12)1-4(9(13,14)15)6(17-5)8(16)18/h1,7H,2H2,(H2,16,18). The van der Waals surface area contributed by atoms with Crippen molar-refractivity contribution in [3.05, 3.63) is 28.6 Å². The fourth-order valence-corrected chi connectivity index (χ4v) is 1.48. The number of amides is 1. The number of carbonyl (C=O) groups excluding carboxylic acids is 1. The van der Waals surface area contributed by atoms with Gasteiger partial charge in [0.2, 0.25) is 0 Å². The molecule has 9 heteroatoms. The molecule has 1 amide bonds. The number of halogens is 6. The van der Waals surface area contributed by atoms with E-state index in [1.165, 1.54) is 0 Å². The molecule has 1 rings (SSSR count). The minimum atomic E-state index is -5.01. The van der Waals surface area contributed by atoms with Gasteiger partial charge in [-0.25, -0.2) is 13.8 Å². The van der Waals surface area contributed by atoms with E-state index in [2.05, 4.69) is 4.98 Å². The van der Waals surface area contributed by atoms with Crippen molar-refractivity contribution in [1.82, 2.24) is 4.98 Å². The van der Waals surface area contributed by atoms with Crippen LogP contribution < -0.4 is 5.73 Å². The van der Waals surface area contributed by atoms with Crippen LogP contribution in [0.1, 0.15) is 33.7 Å². The zero-order chi connectivity index (χ0) is 14.1. The lowest BCUT2D eigenvalue weighted by molar-refractivity contribution is -0.138. The molecule has 1 aromatic heterocycles. The first-order chi connectivity index (χ1) is 8.18. The molecule has 0 bridgehead atoms. The largest absolute Gasteiger partial charge is 0.418 e. The summed E-state index contributed by atoms with van der Waals surface area (Å²) in [7, 11) is 0. The van der Waals surface area contributed by atoms with Crippen LogP contribution in [-0.2, 0) is 12.1 Å².